The molecule has 0 spiro atoms. The van der Waals surface area contributed by atoms with Crippen molar-refractivity contribution >= 4 is 5.91 Å². The molecule has 3 heterocycles. The topological polar surface area (TPSA) is 76.4 Å². The van der Waals surface area contributed by atoms with E-state index < -0.39 is 0 Å². The molecule has 0 saturated carbocycles. The van der Waals surface area contributed by atoms with Crippen molar-refractivity contribution in [3.63, 3.8) is 0 Å². The van der Waals surface area contributed by atoms with Crippen molar-refractivity contribution in [2.24, 2.45) is 0 Å². The molecular weight excluding hydrogens is 320 g/mol. The summed E-state index contributed by atoms with van der Waals surface area (Å²) in [6.45, 7) is 7.05. The summed E-state index contributed by atoms with van der Waals surface area (Å²) in [5.74, 6) is 1.55. The molecule has 0 bridgehead atoms. The largest absolute Gasteiger partial charge is 0.497 e. The van der Waals surface area contributed by atoms with E-state index in [1.165, 1.54) is 0 Å². The number of aryl methyl sites for hydroxylation is 1. The number of rotatable bonds is 5. The van der Waals surface area contributed by atoms with Gasteiger partial charge in [0.15, 0.2) is 0 Å². The van der Waals surface area contributed by atoms with E-state index in [1.54, 1.807) is 31.8 Å². The lowest BCUT2D eigenvalue weighted by Gasteiger charge is -2.22. The third-order valence-electron chi connectivity index (χ3n) is 4.53. The minimum atomic E-state index is -0.0320. The van der Waals surface area contributed by atoms with Gasteiger partial charge < -0.3 is 14.2 Å². The van der Waals surface area contributed by atoms with Gasteiger partial charge in [-0.2, -0.15) is 0 Å². The van der Waals surface area contributed by atoms with Crippen LogP contribution in [0.25, 0.3) is 0 Å². The predicted molar refractivity (Wildman–Crippen MR) is 92.5 cm³/mol. The molecule has 0 aliphatic carbocycles. The molecule has 0 radical (unpaired) electrons. The van der Waals surface area contributed by atoms with Crippen LogP contribution in [0.3, 0.4) is 0 Å². The molecule has 8 heteroatoms. The van der Waals surface area contributed by atoms with E-state index in [-0.39, 0.29) is 5.91 Å². The normalized spacial score (nSPS) is 15.8. The van der Waals surface area contributed by atoms with E-state index in [0.717, 1.165) is 45.0 Å². The molecule has 0 atom stereocenters. The van der Waals surface area contributed by atoms with Gasteiger partial charge in [0.25, 0.3) is 5.91 Å². The molecule has 0 aromatic carbocycles. The smallest absolute Gasteiger partial charge is 0.272 e. The first-order valence-electron chi connectivity index (χ1n) is 8.53. The summed E-state index contributed by atoms with van der Waals surface area (Å²) in [5.41, 5.74) is 0.438. The highest BCUT2D eigenvalue weighted by Gasteiger charge is 2.21. The van der Waals surface area contributed by atoms with Crippen molar-refractivity contribution in [2.75, 3.05) is 39.8 Å². The van der Waals surface area contributed by atoms with Crippen LogP contribution >= 0.6 is 0 Å². The summed E-state index contributed by atoms with van der Waals surface area (Å²) >= 11 is 0. The van der Waals surface area contributed by atoms with Crippen LogP contribution in [-0.2, 0) is 6.54 Å². The standard InChI is InChI=1S/C17H24N6O2/c1-14-20-19-13-23(14)11-9-21-6-3-7-22(10-8-21)17(24)16-12-15(25-2)4-5-18-16/h4-5,12-13H,3,6-11H2,1-2H3. The van der Waals surface area contributed by atoms with Gasteiger partial charge in [-0.25, -0.2) is 0 Å². The second kappa shape index (κ2) is 8.06. The maximum atomic E-state index is 12.7. The number of aromatic nitrogens is 4. The van der Waals surface area contributed by atoms with E-state index in [1.807, 2.05) is 16.4 Å². The number of pyridine rings is 1. The summed E-state index contributed by atoms with van der Waals surface area (Å²) in [4.78, 5) is 21.1. The average Bonchev–Trinajstić information content (AvgIpc) is 2.91. The lowest BCUT2D eigenvalue weighted by molar-refractivity contribution is 0.0755. The van der Waals surface area contributed by atoms with Gasteiger partial charge in [0, 0.05) is 45.0 Å². The first-order chi connectivity index (χ1) is 12.2. The van der Waals surface area contributed by atoms with E-state index in [9.17, 15) is 4.79 Å². The van der Waals surface area contributed by atoms with E-state index >= 15 is 0 Å². The van der Waals surface area contributed by atoms with Crippen molar-refractivity contribution in [1.82, 2.24) is 29.5 Å². The summed E-state index contributed by atoms with van der Waals surface area (Å²) in [6, 6.07) is 3.44. The van der Waals surface area contributed by atoms with Crippen molar-refractivity contribution in [3.05, 3.63) is 36.2 Å². The number of amides is 1. The summed E-state index contributed by atoms with van der Waals surface area (Å²) in [6.07, 6.45) is 4.33. The molecule has 1 aliphatic heterocycles. The number of ether oxygens (including phenoxy) is 1. The molecule has 8 nitrogen and oxygen atoms in total. The van der Waals surface area contributed by atoms with Crippen LogP contribution in [0.5, 0.6) is 5.75 Å². The molecule has 1 fully saturated rings. The van der Waals surface area contributed by atoms with Crippen molar-refractivity contribution < 1.29 is 9.53 Å². The zero-order valence-corrected chi connectivity index (χ0v) is 14.8. The monoisotopic (exact) mass is 344 g/mol. The Labute approximate surface area is 147 Å². The summed E-state index contributed by atoms with van der Waals surface area (Å²) in [7, 11) is 1.59. The quantitative estimate of drug-likeness (QED) is 0.800. The summed E-state index contributed by atoms with van der Waals surface area (Å²) < 4.78 is 7.23. The SMILES string of the molecule is COc1ccnc(C(=O)N2CCCN(CCn3cnnc3C)CC2)c1. The zero-order valence-electron chi connectivity index (χ0n) is 14.8. The van der Waals surface area contributed by atoms with Crippen LogP contribution in [0.4, 0.5) is 0 Å². The molecule has 1 aliphatic rings. The molecule has 2 aromatic rings. The fraction of sp³-hybridized carbons (Fsp3) is 0.529. The molecule has 1 saturated heterocycles. The summed E-state index contributed by atoms with van der Waals surface area (Å²) in [5, 5.41) is 7.92. The molecule has 0 unspecified atom stereocenters. The van der Waals surface area contributed by atoms with Crippen molar-refractivity contribution in [2.45, 2.75) is 19.9 Å². The van der Waals surface area contributed by atoms with Crippen LogP contribution < -0.4 is 4.74 Å². The lowest BCUT2D eigenvalue weighted by Crippen LogP contribution is -2.36. The van der Waals surface area contributed by atoms with Gasteiger partial charge in [-0.3, -0.25) is 14.7 Å². The molecule has 134 valence electrons. The highest BCUT2D eigenvalue weighted by Crippen LogP contribution is 2.13. The van der Waals surface area contributed by atoms with Gasteiger partial charge in [-0.1, -0.05) is 0 Å². The van der Waals surface area contributed by atoms with Crippen LogP contribution in [0.15, 0.2) is 24.7 Å². The Hall–Kier alpha value is -2.48. The van der Waals surface area contributed by atoms with E-state index in [0.29, 0.717) is 18.0 Å². The number of carbonyl (C=O) groups is 1. The Balaban J connectivity index is 1.55. The number of hydrogen-bond donors (Lipinski definition) is 0. The third kappa shape index (κ3) is 4.33. The Morgan fingerprint density at radius 3 is 2.88 bits per heavy atom. The van der Waals surface area contributed by atoms with Crippen molar-refractivity contribution in [1.29, 1.82) is 0 Å². The van der Waals surface area contributed by atoms with Gasteiger partial charge in [-0.15, -0.1) is 10.2 Å². The van der Waals surface area contributed by atoms with Crippen LogP contribution in [-0.4, -0.2) is 75.3 Å². The number of hydrogen-bond acceptors (Lipinski definition) is 6. The Morgan fingerprint density at radius 2 is 2.12 bits per heavy atom. The fourth-order valence-corrected chi connectivity index (χ4v) is 3.00. The van der Waals surface area contributed by atoms with Crippen LogP contribution in [0.2, 0.25) is 0 Å². The first kappa shape index (κ1) is 17.3. The fourth-order valence-electron chi connectivity index (χ4n) is 3.00. The molecular formula is C17H24N6O2. The molecule has 0 N–H and O–H groups in total. The first-order valence-corrected chi connectivity index (χ1v) is 8.53. The minimum absolute atomic E-state index is 0.0320. The Morgan fingerprint density at radius 1 is 1.24 bits per heavy atom. The zero-order chi connectivity index (χ0) is 17.6. The van der Waals surface area contributed by atoms with Crippen LogP contribution in [0, 0.1) is 6.92 Å². The Kier molecular flexibility index (Phi) is 5.60. The lowest BCUT2D eigenvalue weighted by atomic mass is 10.3. The van der Waals surface area contributed by atoms with Crippen molar-refractivity contribution in [3.8, 4) is 5.75 Å². The van der Waals surface area contributed by atoms with Gasteiger partial charge in [-0.05, 0) is 26.0 Å². The maximum Gasteiger partial charge on any atom is 0.272 e. The highest BCUT2D eigenvalue weighted by molar-refractivity contribution is 5.92. The van der Waals surface area contributed by atoms with Gasteiger partial charge in [0.1, 0.15) is 23.6 Å². The van der Waals surface area contributed by atoms with Gasteiger partial charge in [0.05, 0.1) is 7.11 Å². The highest BCUT2D eigenvalue weighted by atomic mass is 16.5. The van der Waals surface area contributed by atoms with E-state index in [2.05, 4.69) is 20.1 Å². The molecule has 1 amide bonds. The number of methoxy groups -OCH3 is 1. The van der Waals surface area contributed by atoms with E-state index in [4.69, 9.17) is 4.74 Å². The molecule has 3 rings (SSSR count). The number of nitrogens with zero attached hydrogens (tertiary/aromatic N) is 6. The maximum absolute atomic E-state index is 12.7. The Bertz CT molecular complexity index is 717. The number of carbonyl (C=O) groups excluding carboxylic acids is 1. The van der Waals surface area contributed by atoms with Crippen LogP contribution in [0.1, 0.15) is 22.7 Å². The predicted octanol–water partition coefficient (Wildman–Crippen LogP) is 0.838. The second-order valence-electron chi connectivity index (χ2n) is 6.14. The average molecular weight is 344 g/mol. The van der Waals surface area contributed by atoms with Gasteiger partial charge >= 0.3 is 0 Å². The minimum Gasteiger partial charge on any atom is -0.497 e. The second-order valence-corrected chi connectivity index (χ2v) is 6.14. The molecule has 2 aromatic heterocycles. The van der Waals surface area contributed by atoms with Gasteiger partial charge in [0.2, 0.25) is 0 Å². The molecule has 25 heavy (non-hydrogen) atoms. The third-order valence-corrected chi connectivity index (χ3v) is 4.53.